The standard InChI is InChI=1S/C6H9N.2C6H8.C5H8N2.2C5H6N2.2C5H7N.C5H6O.C5H6S.3C4H6N2.3C4H5NO/c1-6-3-4-7(2)5-6;2*1-6-4-2-3-5-6;1-5-3-7(2)4-6-5;1-5-2-6-4-7-3-5;1-5-6-3-2-4-7-5;1-6-4-2-3-5-6;3*1-5-3-2-4-6-5;5*1-4-5-2-3-6-4;1-4-2-3-6-5-4/h3-5H,1-2H3;2*2,4-5H,3H2,1H3;3-4H,1-2H3;2*2-4H,1H3;2-5H,1H3;2-4,6H,1H3;2*2-4H,1H3;2H,3H2,1H3;2*2-3H,1H3,(H,5,6);3*2-3H,1H3. The highest BCUT2D eigenvalue weighted by atomic mass is 32.1. The number of aromatic amines is 3. The molecule has 1 aliphatic heterocycles. The summed E-state index contributed by atoms with van der Waals surface area (Å²) in [6, 6.07) is 21.6. The molecule has 16 rings (SSSR count). The number of nitrogens with one attached hydrogen (secondary N) is 3. The highest BCUT2D eigenvalue weighted by Gasteiger charge is 1.89. The quantitative estimate of drug-likeness (QED) is 0.127. The lowest BCUT2D eigenvalue weighted by atomic mass is 10.3. The van der Waals surface area contributed by atoms with Gasteiger partial charge >= 0.3 is 0 Å². The van der Waals surface area contributed by atoms with Crippen molar-refractivity contribution in [3.63, 3.8) is 0 Å². The maximum atomic E-state index is 4.83. The van der Waals surface area contributed by atoms with Crippen molar-refractivity contribution in [2.24, 2.45) is 31.1 Å². The molecule has 14 heterocycles. The van der Waals surface area contributed by atoms with Crippen LogP contribution in [0.1, 0.15) is 102 Å². The number of H-pyrrole nitrogens is 3. The molecule has 3 N–H and O–H groups in total. The van der Waals surface area contributed by atoms with E-state index in [-0.39, 0.29) is 0 Å². The largest absolute Gasteiger partial charge is 0.470 e. The molecule has 0 saturated heterocycles. The van der Waals surface area contributed by atoms with Crippen LogP contribution in [0.5, 0.6) is 0 Å². The Morgan fingerprint density at radius 3 is 1.24 bits per heavy atom. The van der Waals surface area contributed by atoms with E-state index < -0.39 is 0 Å². The summed E-state index contributed by atoms with van der Waals surface area (Å²) >= 11 is 1.78. The van der Waals surface area contributed by atoms with Crippen molar-refractivity contribution in [1.29, 1.82) is 0 Å². The van der Waals surface area contributed by atoms with E-state index in [2.05, 4.69) is 173 Å². The number of nitrogens with zero attached hydrogens (tertiary/aromatic N) is 15. The second kappa shape index (κ2) is 57.8. The van der Waals surface area contributed by atoms with Gasteiger partial charge in [0.2, 0.25) is 0 Å². The summed E-state index contributed by atoms with van der Waals surface area (Å²) in [6.45, 7) is 30.1. The first-order valence-corrected chi connectivity index (χ1v) is 32.8. The molecule has 13 aromatic heterocycles. The molecule has 100 heavy (non-hydrogen) atoms. The second-order valence-electron chi connectivity index (χ2n) is 21.4. The third-order valence-corrected chi connectivity index (χ3v) is 12.4. The Hall–Kier alpha value is -11.5. The SMILES string of the molecule is CC1=CCC=C1.CC1=CCC=C1.CC1=NCC=N1.Cc1ccc[nH]1.Cc1ccco1.Cc1cccs1.Cc1ccn(C)c1.Cc1ccon1.Cc1cn(C)cn1.Cc1cncnc1.Cc1ncc[nH]1.Cc1ncc[nH]1.Cc1ncccn1.Cc1ncco1.Cc1ncco1.Cn1cccc1. The van der Waals surface area contributed by atoms with Gasteiger partial charge in [0.05, 0.1) is 42.9 Å². The van der Waals surface area contributed by atoms with Gasteiger partial charge in [0.15, 0.2) is 11.8 Å². The Balaban J connectivity index is 0.000000534. The average molecular weight is 1380 g/mol. The van der Waals surface area contributed by atoms with Crippen molar-refractivity contribution in [2.75, 3.05) is 6.54 Å². The monoisotopic (exact) mass is 1380 g/mol. The fraction of sp³-hybridized carbons (Fsp3) is 0.273. The molecule has 0 spiro atoms. The molecular formula is C77H104N18O4S. The minimum atomic E-state index is 0.718. The summed E-state index contributed by atoms with van der Waals surface area (Å²) in [7, 11) is 5.98. The Labute approximate surface area is 595 Å². The van der Waals surface area contributed by atoms with Crippen LogP contribution < -0.4 is 0 Å². The first kappa shape index (κ1) is 86.6. The molecule has 3 aliphatic rings. The van der Waals surface area contributed by atoms with Crippen LogP contribution in [0.25, 0.3) is 0 Å². The molecule has 0 fully saturated rings. The third kappa shape index (κ3) is 55.8. The fourth-order valence-electron chi connectivity index (χ4n) is 6.58. The zero-order valence-corrected chi connectivity index (χ0v) is 62.4. The molecule has 0 bridgehead atoms. The van der Waals surface area contributed by atoms with E-state index in [0.717, 1.165) is 77.2 Å². The van der Waals surface area contributed by atoms with E-state index in [0.29, 0.717) is 0 Å². The molecule has 0 aromatic carbocycles. The van der Waals surface area contributed by atoms with Gasteiger partial charge in [0.1, 0.15) is 54.2 Å². The van der Waals surface area contributed by atoms with E-state index in [1.54, 1.807) is 137 Å². The van der Waals surface area contributed by atoms with Gasteiger partial charge in [-0.25, -0.2) is 49.8 Å². The van der Waals surface area contributed by atoms with Gasteiger partial charge in [-0.3, -0.25) is 4.99 Å². The number of allylic oxidation sites excluding steroid dienone is 8. The van der Waals surface area contributed by atoms with Crippen molar-refractivity contribution in [1.82, 2.24) is 78.7 Å². The fourth-order valence-corrected chi connectivity index (χ4v) is 7.11. The Morgan fingerprint density at radius 2 is 1.09 bits per heavy atom. The van der Waals surface area contributed by atoms with Gasteiger partial charge in [0.25, 0.3) is 0 Å². The summed E-state index contributed by atoms with van der Waals surface area (Å²) in [4.78, 5) is 52.4. The zero-order chi connectivity index (χ0) is 73.6. The van der Waals surface area contributed by atoms with Gasteiger partial charge in [-0.05, 0) is 174 Å². The first-order chi connectivity index (χ1) is 48.1. The number of aryl methyl sites for hydroxylation is 15. The van der Waals surface area contributed by atoms with E-state index in [4.69, 9.17) is 13.3 Å². The van der Waals surface area contributed by atoms with Crippen molar-refractivity contribution < 1.29 is 17.8 Å². The van der Waals surface area contributed by atoms with Crippen LogP contribution in [0, 0.1) is 83.1 Å². The molecule has 0 atom stereocenters. The Kier molecular flexibility index (Phi) is 50.0. The van der Waals surface area contributed by atoms with Crippen LogP contribution in [-0.4, -0.2) is 97.3 Å². The highest BCUT2D eigenvalue weighted by molar-refractivity contribution is 7.09. The first-order valence-electron chi connectivity index (χ1n) is 32.0. The third-order valence-electron chi connectivity index (χ3n) is 11.6. The van der Waals surface area contributed by atoms with E-state index in [1.807, 2.05) is 165 Å². The predicted octanol–water partition coefficient (Wildman–Crippen LogP) is 18.3. The second-order valence-corrected chi connectivity index (χ2v) is 22.5. The smallest absolute Gasteiger partial charge is 0.190 e. The molecule has 0 amide bonds. The van der Waals surface area contributed by atoms with Gasteiger partial charge < -0.3 is 46.4 Å². The highest BCUT2D eigenvalue weighted by Crippen LogP contribution is 2.07. The summed E-state index contributed by atoms with van der Waals surface area (Å²) in [5, 5.41) is 5.62. The Morgan fingerprint density at radius 1 is 0.480 bits per heavy atom. The van der Waals surface area contributed by atoms with Crippen molar-refractivity contribution in [2.45, 2.75) is 117 Å². The molecule has 2 aliphatic carbocycles. The summed E-state index contributed by atoms with van der Waals surface area (Å²) in [6.07, 6.45) is 56.0. The maximum absolute atomic E-state index is 4.83. The van der Waals surface area contributed by atoms with Crippen molar-refractivity contribution in [3.05, 3.63) is 325 Å². The van der Waals surface area contributed by atoms with Crippen LogP contribution in [0.3, 0.4) is 0 Å². The summed E-state index contributed by atoms with van der Waals surface area (Å²) in [5.41, 5.74) is 8.43. The van der Waals surface area contributed by atoms with E-state index in [9.17, 15) is 0 Å². The maximum Gasteiger partial charge on any atom is 0.190 e. The summed E-state index contributed by atoms with van der Waals surface area (Å²) < 4.78 is 24.7. The number of thiophene rings is 1. The van der Waals surface area contributed by atoms with Gasteiger partial charge in [0, 0.05) is 145 Å². The van der Waals surface area contributed by atoms with Crippen LogP contribution in [0.4, 0.5) is 0 Å². The molecule has 0 saturated carbocycles. The lowest BCUT2D eigenvalue weighted by Crippen LogP contribution is -1.80. The van der Waals surface area contributed by atoms with Crippen LogP contribution in [0.2, 0.25) is 0 Å². The number of imidazole rings is 3. The minimum Gasteiger partial charge on any atom is -0.470 e. The molecular weight excluding hydrogens is 1270 g/mol. The van der Waals surface area contributed by atoms with E-state index in [1.165, 1.54) is 33.6 Å². The summed E-state index contributed by atoms with van der Waals surface area (Å²) in [5.74, 6) is 6.06. The molecule has 22 nitrogen and oxygen atoms in total. The van der Waals surface area contributed by atoms with Crippen molar-refractivity contribution >= 4 is 23.4 Å². The predicted molar refractivity (Wildman–Crippen MR) is 407 cm³/mol. The molecule has 0 radical (unpaired) electrons. The molecule has 13 aromatic rings. The number of hydrogen-bond donors (Lipinski definition) is 3. The van der Waals surface area contributed by atoms with Crippen LogP contribution in [-0.2, 0) is 21.1 Å². The number of aromatic nitrogens is 16. The molecule has 0 unspecified atom stereocenters. The van der Waals surface area contributed by atoms with Crippen molar-refractivity contribution in [3.8, 4) is 0 Å². The molecule has 532 valence electrons. The number of oxazole rings is 2. The van der Waals surface area contributed by atoms with Crippen LogP contribution >= 0.6 is 11.3 Å². The lowest BCUT2D eigenvalue weighted by Gasteiger charge is -1.81. The number of hydrogen-bond acceptors (Lipinski definition) is 17. The van der Waals surface area contributed by atoms with Gasteiger partial charge in [-0.2, -0.15) is 0 Å². The van der Waals surface area contributed by atoms with E-state index >= 15 is 0 Å². The number of rotatable bonds is 0. The minimum absolute atomic E-state index is 0.718. The lowest BCUT2D eigenvalue weighted by molar-refractivity contribution is 0.415. The average Bonchev–Trinajstić information content (AvgIpc) is 2.43. The topological polar surface area (TPSA) is 268 Å². The Bertz CT molecular complexity index is 3330. The number of aliphatic imine (C=N–C) groups is 2. The molecule has 23 heteroatoms. The normalized spacial score (nSPS) is 10.6. The number of amidine groups is 1. The van der Waals surface area contributed by atoms with Gasteiger partial charge in [-0.15, -0.1) is 11.3 Å². The zero-order valence-electron chi connectivity index (χ0n) is 61.5. The van der Waals surface area contributed by atoms with Gasteiger partial charge in [-0.1, -0.05) is 58.8 Å². The van der Waals surface area contributed by atoms with Crippen LogP contribution in [0.15, 0.2) is 284 Å². The number of furan rings is 1.